The lowest BCUT2D eigenvalue weighted by Gasteiger charge is -2.30. The smallest absolute Gasteiger partial charge is 0.303 e. The monoisotopic (exact) mass is 304 g/mol. The molecule has 8 heteroatoms. The van der Waals surface area contributed by atoms with E-state index < -0.39 is 42.3 Å². The van der Waals surface area contributed by atoms with Gasteiger partial charge in [-0.25, -0.2) is 0 Å². The molecule has 21 heavy (non-hydrogen) atoms. The summed E-state index contributed by atoms with van der Waals surface area (Å²) in [5.41, 5.74) is 0. The number of carbonyl (C=O) groups excluding carboxylic acids is 3. The molecule has 4 atom stereocenters. The Morgan fingerprint density at radius 2 is 1.52 bits per heavy atom. The van der Waals surface area contributed by atoms with Gasteiger partial charge >= 0.3 is 17.9 Å². The Kier molecular flexibility index (Phi) is 6.57. The van der Waals surface area contributed by atoms with Crippen molar-refractivity contribution >= 4 is 17.9 Å². The third kappa shape index (κ3) is 5.68. The van der Waals surface area contributed by atoms with Gasteiger partial charge in [0.05, 0.1) is 6.10 Å². The molecule has 0 aromatic carbocycles. The maximum atomic E-state index is 11.3. The van der Waals surface area contributed by atoms with Crippen LogP contribution in [0.5, 0.6) is 0 Å². The van der Waals surface area contributed by atoms with Crippen molar-refractivity contribution in [3.63, 3.8) is 0 Å². The summed E-state index contributed by atoms with van der Waals surface area (Å²) in [5.74, 6) is -1.61. The van der Waals surface area contributed by atoms with E-state index in [0.29, 0.717) is 0 Å². The van der Waals surface area contributed by atoms with Crippen LogP contribution in [0, 0.1) is 0 Å². The van der Waals surface area contributed by atoms with E-state index in [1.54, 1.807) is 6.92 Å². The highest BCUT2D eigenvalue weighted by molar-refractivity contribution is 5.67. The van der Waals surface area contributed by atoms with Crippen LogP contribution in [0.15, 0.2) is 0 Å². The highest BCUT2D eigenvalue weighted by Crippen LogP contribution is 2.22. The molecule has 0 aromatic rings. The van der Waals surface area contributed by atoms with Gasteiger partial charge in [0.1, 0.15) is 19.5 Å². The van der Waals surface area contributed by atoms with Gasteiger partial charge in [0.25, 0.3) is 0 Å². The van der Waals surface area contributed by atoms with Gasteiger partial charge in [0.15, 0.2) is 12.2 Å². The second-order valence-corrected chi connectivity index (χ2v) is 4.65. The van der Waals surface area contributed by atoms with Gasteiger partial charge in [-0.05, 0) is 6.92 Å². The normalized spacial score (nSPS) is 29.1. The topological polar surface area (TPSA) is 97.4 Å². The summed E-state index contributed by atoms with van der Waals surface area (Å²) >= 11 is 0. The molecule has 1 heterocycles. The zero-order valence-corrected chi connectivity index (χ0v) is 12.5. The van der Waals surface area contributed by atoms with Crippen LogP contribution in [0.1, 0.15) is 27.7 Å². The van der Waals surface area contributed by atoms with Crippen LogP contribution in [0.3, 0.4) is 0 Å². The van der Waals surface area contributed by atoms with Crippen molar-refractivity contribution in [2.45, 2.75) is 52.1 Å². The molecular formula is C13H20O8. The molecule has 0 aliphatic carbocycles. The largest absolute Gasteiger partial charge is 0.463 e. The minimum absolute atomic E-state index is 0.0946. The molecule has 1 saturated heterocycles. The Labute approximate surface area is 122 Å². The van der Waals surface area contributed by atoms with Crippen molar-refractivity contribution in [3.05, 3.63) is 0 Å². The Balaban J connectivity index is 2.93. The molecule has 0 spiro atoms. The van der Waals surface area contributed by atoms with Gasteiger partial charge < -0.3 is 23.7 Å². The minimum Gasteiger partial charge on any atom is -0.463 e. The molecule has 8 nitrogen and oxygen atoms in total. The Morgan fingerprint density at radius 1 is 0.952 bits per heavy atom. The maximum Gasteiger partial charge on any atom is 0.303 e. The Morgan fingerprint density at radius 3 is 2.05 bits per heavy atom. The lowest BCUT2D eigenvalue weighted by atomic mass is 10.0. The SMILES string of the molecule is CC(=O)OCC1OCOC(C)C(OC(C)=O)C1OC(C)=O. The van der Waals surface area contributed by atoms with Gasteiger partial charge in [-0.2, -0.15) is 0 Å². The number of carbonyl (C=O) groups is 3. The van der Waals surface area contributed by atoms with E-state index >= 15 is 0 Å². The number of rotatable bonds is 4. The third-order valence-corrected chi connectivity index (χ3v) is 2.82. The lowest BCUT2D eigenvalue weighted by Crippen LogP contribution is -2.49. The van der Waals surface area contributed by atoms with Crippen molar-refractivity contribution in [2.24, 2.45) is 0 Å². The first kappa shape index (κ1) is 17.4. The van der Waals surface area contributed by atoms with E-state index in [0.717, 1.165) is 0 Å². The molecule has 1 aliphatic heterocycles. The molecule has 1 aliphatic rings. The Hall–Kier alpha value is -1.67. The van der Waals surface area contributed by atoms with E-state index in [9.17, 15) is 14.4 Å². The van der Waals surface area contributed by atoms with Gasteiger partial charge in [-0.3, -0.25) is 14.4 Å². The zero-order valence-electron chi connectivity index (χ0n) is 12.5. The molecule has 4 unspecified atom stereocenters. The molecule has 120 valence electrons. The quantitative estimate of drug-likeness (QED) is 0.536. The molecule has 0 aromatic heterocycles. The fraction of sp³-hybridized carbons (Fsp3) is 0.769. The van der Waals surface area contributed by atoms with Crippen molar-refractivity contribution < 1.29 is 38.1 Å². The number of ether oxygens (including phenoxy) is 5. The van der Waals surface area contributed by atoms with Crippen LogP contribution in [0.4, 0.5) is 0 Å². The number of hydrogen-bond acceptors (Lipinski definition) is 8. The van der Waals surface area contributed by atoms with Crippen LogP contribution >= 0.6 is 0 Å². The molecule has 1 fully saturated rings. The molecule has 0 N–H and O–H groups in total. The van der Waals surface area contributed by atoms with E-state index in [1.165, 1.54) is 20.8 Å². The standard InChI is InChI=1S/C13H20O8/c1-7-12(20-9(3)15)13(21-10(4)16)11(19-6-18-7)5-17-8(2)14/h7,11-13H,5-6H2,1-4H3. The van der Waals surface area contributed by atoms with Crippen LogP contribution in [-0.2, 0) is 38.1 Å². The summed E-state index contributed by atoms with van der Waals surface area (Å²) in [6.45, 7) is 5.15. The van der Waals surface area contributed by atoms with Crippen molar-refractivity contribution in [3.8, 4) is 0 Å². The molecule has 0 bridgehead atoms. The summed E-state index contributed by atoms with van der Waals surface area (Å²) in [6.07, 6.45) is -3.11. The number of hydrogen-bond donors (Lipinski definition) is 0. The van der Waals surface area contributed by atoms with Crippen LogP contribution in [0.25, 0.3) is 0 Å². The summed E-state index contributed by atoms with van der Waals surface area (Å²) in [5, 5.41) is 0. The van der Waals surface area contributed by atoms with E-state index in [1.807, 2.05) is 0 Å². The highest BCUT2D eigenvalue weighted by atomic mass is 16.7. The second-order valence-electron chi connectivity index (χ2n) is 4.65. The van der Waals surface area contributed by atoms with E-state index in [2.05, 4.69) is 0 Å². The van der Waals surface area contributed by atoms with E-state index in [4.69, 9.17) is 23.7 Å². The van der Waals surface area contributed by atoms with Gasteiger partial charge in [-0.1, -0.05) is 0 Å². The fourth-order valence-electron chi connectivity index (χ4n) is 1.93. The van der Waals surface area contributed by atoms with Gasteiger partial charge in [-0.15, -0.1) is 0 Å². The Bertz CT molecular complexity index is 394. The first-order valence-electron chi connectivity index (χ1n) is 6.52. The average molecular weight is 304 g/mol. The predicted octanol–water partition coefficient (Wildman–Crippen LogP) is 0.174. The van der Waals surface area contributed by atoms with Gasteiger partial charge in [0.2, 0.25) is 0 Å². The van der Waals surface area contributed by atoms with E-state index in [-0.39, 0.29) is 13.4 Å². The average Bonchev–Trinajstić information content (AvgIpc) is 2.48. The van der Waals surface area contributed by atoms with Crippen LogP contribution in [-0.4, -0.2) is 55.7 Å². The van der Waals surface area contributed by atoms with Crippen molar-refractivity contribution in [1.82, 2.24) is 0 Å². The molecule has 0 amide bonds. The summed E-state index contributed by atoms with van der Waals surface area (Å²) in [7, 11) is 0. The van der Waals surface area contributed by atoms with Crippen molar-refractivity contribution in [2.75, 3.05) is 13.4 Å². The van der Waals surface area contributed by atoms with Gasteiger partial charge in [0, 0.05) is 20.8 Å². The summed E-state index contributed by atoms with van der Waals surface area (Å²) in [4.78, 5) is 33.4. The fourth-order valence-corrected chi connectivity index (χ4v) is 1.93. The highest BCUT2D eigenvalue weighted by Gasteiger charge is 2.42. The maximum absolute atomic E-state index is 11.3. The van der Waals surface area contributed by atoms with Crippen molar-refractivity contribution in [1.29, 1.82) is 0 Å². The zero-order chi connectivity index (χ0) is 16.0. The molecule has 0 saturated carbocycles. The van der Waals surface area contributed by atoms with Crippen LogP contribution in [0.2, 0.25) is 0 Å². The first-order chi connectivity index (χ1) is 9.81. The first-order valence-corrected chi connectivity index (χ1v) is 6.52. The lowest BCUT2D eigenvalue weighted by molar-refractivity contribution is -0.181. The summed E-state index contributed by atoms with van der Waals surface area (Å²) < 4.78 is 26.0. The molecular weight excluding hydrogens is 284 g/mol. The minimum atomic E-state index is -0.928. The third-order valence-electron chi connectivity index (χ3n) is 2.82. The predicted molar refractivity (Wildman–Crippen MR) is 68.0 cm³/mol. The second kappa shape index (κ2) is 7.94. The molecule has 0 radical (unpaired) electrons. The van der Waals surface area contributed by atoms with Crippen LogP contribution < -0.4 is 0 Å². The summed E-state index contributed by atoms with van der Waals surface area (Å²) in [6, 6.07) is 0. The molecule has 1 rings (SSSR count). The number of esters is 3.